The second-order valence-corrected chi connectivity index (χ2v) is 14.3. The maximum atomic E-state index is 5.28. The van der Waals surface area contributed by atoms with Crippen molar-refractivity contribution in [2.24, 2.45) is 0 Å². The predicted octanol–water partition coefficient (Wildman–Crippen LogP) is 13.3. The number of hydrogen-bond acceptors (Lipinski definition) is 4. The Morgan fingerprint density at radius 3 is 1.67 bits per heavy atom. The van der Waals surface area contributed by atoms with Gasteiger partial charge in [0.05, 0.1) is 27.8 Å². The Morgan fingerprint density at radius 1 is 0.500 bits per heavy atom. The van der Waals surface area contributed by atoms with E-state index < -0.39 is 0 Å². The molecule has 0 unspecified atom stereocenters. The van der Waals surface area contributed by atoms with Crippen LogP contribution >= 0.6 is 0 Å². The Bertz CT molecular complexity index is 3270. The summed E-state index contributed by atoms with van der Waals surface area (Å²) in [5, 5.41) is 9.79. The van der Waals surface area contributed by atoms with Crippen LogP contribution in [0.4, 0.5) is 5.95 Å². The Labute approximate surface area is 336 Å². The SMILES string of the molecule is C=CC(=C)N(C)c1nc(-c2ccc(-c3ccccc3)cc2)nc(-n2c3ccccc3c3cccc(-n4c5cccc6c7ccccc7c7cccc4c7c65)c32)n1.CC. The van der Waals surface area contributed by atoms with Gasteiger partial charge in [0.1, 0.15) is 0 Å². The normalized spacial score (nSPS) is 11.5. The highest BCUT2D eigenvalue weighted by atomic mass is 15.3. The van der Waals surface area contributed by atoms with E-state index in [4.69, 9.17) is 15.0 Å². The Hall–Kier alpha value is -7.57. The molecule has 0 saturated heterocycles. The topological polar surface area (TPSA) is 51.8 Å². The number of aromatic nitrogens is 5. The lowest BCUT2D eigenvalue weighted by Crippen LogP contribution is -2.19. The minimum Gasteiger partial charge on any atom is -0.314 e. The third kappa shape index (κ3) is 5.22. The van der Waals surface area contributed by atoms with E-state index in [0.717, 1.165) is 55.2 Å². The number of allylic oxidation sites excluding steroid dienone is 1. The molecule has 0 N–H and O–H groups in total. The summed E-state index contributed by atoms with van der Waals surface area (Å²) >= 11 is 0. The van der Waals surface area contributed by atoms with E-state index in [1.165, 1.54) is 32.3 Å². The molecule has 0 bridgehead atoms. The molecule has 11 rings (SSSR count). The van der Waals surface area contributed by atoms with Crippen LogP contribution in [0.1, 0.15) is 13.8 Å². The molecule has 6 heteroatoms. The van der Waals surface area contributed by atoms with Crippen LogP contribution < -0.4 is 4.90 Å². The molecule has 3 heterocycles. The Balaban J connectivity index is 0.00000201. The fourth-order valence-corrected chi connectivity index (χ4v) is 8.60. The van der Waals surface area contributed by atoms with E-state index in [9.17, 15) is 0 Å². The number of benzene rings is 8. The first-order chi connectivity index (χ1) is 28.6. The molecule has 11 aromatic rings. The summed E-state index contributed by atoms with van der Waals surface area (Å²) in [6.45, 7) is 12.2. The van der Waals surface area contributed by atoms with E-state index in [0.29, 0.717) is 23.4 Å². The van der Waals surface area contributed by atoms with Gasteiger partial charge in [0, 0.05) is 39.9 Å². The highest BCUT2D eigenvalue weighted by molar-refractivity contribution is 6.34. The van der Waals surface area contributed by atoms with Gasteiger partial charge in [0.25, 0.3) is 0 Å². The van der Waals surface area contributed by atoms with Gasteiger partial charge in [-0.05, 0) is 63.0 Å². The van der Waals surface area contributed by atoms with E-state index in [2.05, 4.69) is 174 Å². The van der Waals surface area contributed by atoms with Crippen molar-refractivity contribution in [2.45, 2.75) is 13.8 Å². The first kappa shape index (κ1) is 34.9. The van der Waals surface area contributed by atoms with Crippen LogP contribution in [0.15, 0.2) is 183 Å². The highest BCUT2D eigenvalue weighted by Gasteiger charge is 2.25. The van der Waals surface area contributed by atoms with Crippen LogP contribution in [0.3, 0.4) is 0 Å². The third-order valence-corrected chi connectivity index (χ3v) is 11.3. The van der Waals surface area contributed by atoms with Gasteiger partial charge in [0.15, 0.2) is 5.82 Å². The molecule has 0 aliphatic rings. The zero-order valence-electron chi connectivity index (χ0n) is 32.7. The number of likely N-dealkylation sites (N-methyl/N-ethyl adjacent to an activating group) is 1. The lowest BCUT2D eigenvalue weighted by atomic mass is 9.95. The van der Waals surface area contributed by atoms with Crippen LogP contribution in [0.5, 0.6) is 0 Å². The van der Waals surface area contributed by atoms with Gasteiger partial charge >= 0.3 is 0 Å². The molecule has 0 saturated carbocycles. The lowest BCUT2D eigenvalue weighted by molar-refractivity contribution is 0.910. The first-order valence-corrected chi connectivity index (χ1v) is 19.7. The average molecular weight is 749 g/mol. The van der Waals surface area contributed by atoms with Gasteiger partial charge < -0.3 is 9.47 Å². The monoisotopic (exact) mass is 748 g/mol. The molecule has 0 fully saturated rings. The number of nitrogens with zero attached hydrogens (tertiary/aromatic N) is 6. The third-order valence-electron chi connectivity index (χ3n) is 11.3. The second-order valence-electron chi connectivity index (χ2n) is 14.3. The molecule has 3 aromatic heterocycles. The predicted molar refractivity (Wildman–Crippen MR) is 245 cm³/mol. The average Bonchev–Trinajstić information content (AvgIpc) is 3.83. The zero-order valence-corrected chi connectivity index (χ0v) is 32.7. The van der Waals surface area contributed by atoms with Crippen molar-refractivity contribution in [3.05, 3.63) is 183 Å². The standard InChI is InChI=1S/C50H34N6.C2H6/c1-4-31(2)54(3)49-51-48(34-29-27-33(28-30-34)32-15-6-5-7-16-32)52-50(53-49)56-41-23-11-10-19-37(41)40-22-14-26-44(47(40)56)55-42-24-12-20-38-35-17-8-9-18-36(35)39-21-13-25-43(55)46(39)45(38)42;1-2/h4-30H,1-2H2,3H3;1-2H3. The maximum Gasteiger partial charge on any atom is 0.240 e. The molecule has 0 spiro atoms. The van der Waals surface area contributed by atoms with Gasteiger partial charge in [-0.25, -0.2) is 0 Å². The van der Waals surface area contributed by atoms with Gasteiger partial charge in [-0.15, -0.1) is 0 Å². The fraction of sp³-hybridized carbons (Fsp3) is 0.0577. The van der Waals surface area contributed by atoms with Crippen LogP contribution in [0.2, 0.25) is 0 Å². The van der Waals surface area contributed by atoms with E-state index >= 15 is 0 Å². The second kappa shape index (κ2) is 13.9. The lowest BCUT2D eigenvalue weighted by Gasteiger charge is -2.19. The highest BCUT2D eigenvalue weighted by Crippen LogP contribution is 2.45. The largest absolute Gasteiger partial charge is 0.314 e. The van der Waals surface area contributed by atoms with Crippen molar-refractivity contribution in [2.75, 3.05) is 11.9 Å². The molecule has 0 amide bonds. The maximum absolute atomic E-state index is 5.28. The zero-order chi connectivity index (χ0) is 39.5. The van der Waals surface area contributed by atoms with E-state index in [-0.39, 0.29) is 0 Å². The van der Waals surface area contributed by atoms with E-state index in [1.54, 1.807) is 6.08 Å². The van der Waals surface area contributed by atoms with E-state index in [1.807, 2.05) is 31.9 Å². The van der Waals surface area contributed by atoms with Gasteiger partial charge in [0.2, 0.25) is 11.9 Å². The van der Waals surface area contributed by atoms with Crippen molar-refractivity contribution >= 4 is 71.1 Å². The van der Waals surface area contributed by atoms with Crippen molar-refractivity contribution in [3.8, 4) is 34.2 Å². The van der Waals surface area contributed by atoms with Gasteiger partial charge in [-0.3, -0.25) is 4.57 Å². The summed E-state index contributed by atoms with van der Waals surface area (Å²) < 4.78 is 4.63. The minimum atomic E-state index is 0.472. The number of para-hydroxylation sites is 2. The minimum absolute atomic E-state index is 0.472. The number of anilines is 1. The molecular formula is C52H40N6. The number of rotatable bonds is 7. The quantitative estimate of drug-likeness (QED) is 0.120. The number of hydrogen-bond donors (Lipinski definition) is 0. The summed E-state index contributed by atoms with van der Waals surface area (Å²) in [4.78, 5) is 17.4. The molecule has 0 radical (unpaired) electrons. The van der Waals surface area contributed by atoms with Crippen LogP contribution in [0.25, 0.3) is 99.3 Å². The molecular weight excluding hydrogens is 709 g/mol. The first-order valence-electron chi connectivity index (χ1n) is 19.7. The summed E-state index contributed by atoms with van der Waals surface area (Å²) in [7, 11) is 1.91. The van der Waals surface area contributed by atoms with Gasteiger partial charge in [-0.2, -0.15) is 15.0 Å². The fourth-order valence-electron chi connectivity index (χ4n) is 8.60. The molecule has 6 nitrogen and oxygen atoms in total. The molecule has 8 aromatic carbocycles. The molecule has 0 aliphatic carbocycles. The molecule has 0 atom stereocenters. The van der Waals surface area contributed by atoms with Crippen LogP contribution in [-0.4, -0.2) is 31.1 Å². The Kier molecular flexibility index (Phi) is 8.34. The molecule has 58 heavy (non-hydrogen) atoms. The van der Waals surface area contributed by atoms with Crippen molar-refractivity contribution < 1.29 is 0 Å². The smallest absolute Gasteiger partial charge is 0.240 e. The van der Waals surface area contributed by atoms with Crippen molar-refractivity contribution in [1.82, 2.24) is 24.1 Å². The van der Waals surface area contributed by atoms with Gasteiger partial charge in [-0.1, -0.05) is 160 Å². The molecule has 0 aliphatic heterocycles. The summed E-state index contributed by atoms with van der Waals surface area (Å²) in [6.07, 6.45) is 1.71. The molecule has 278 valence electrons. The summed E-state index contributed by atoms with van der Waals surface area (Å²) in [5.41, 5.74) is 9.19. The van der Waals surface area contributed by atoms with Crippen molar-refractivity contribution in [3.63, 3.8) is 0 Å². The summed E-state index contributed by atoms with van der Waals surface area (Å²) in [5.74, 6) is 1.55. The summed E-state index contributed by atoms with van der Waals surface area (Å²) in [6, 6.07) is 56.0. The Morgan fingerprint density at radius 2 is 1.02 bits per heavy atom. The van der Waals surface area contributed by atoms with Crippen molar-refractivity contribution in [1.29, 1.82) is 0 Å². The van der Waals surface area contributed by atoms with Crippen LogP contribution in [0, 0.1) is 0 Å². The number of fused-ring (bicyclic) bond motifs is 6. The van der Waals surface area contributed by atoms with Crippen LogP contribution in [-0.2, 0) is 0 Å².